The van der Waals surface area contributed by atoms with Gasteiger partial charge in [0.1, 0.15) is 60.4 Å². The average Bonchev–Trinajstić information content (AvgIpc) is 3.37. The molecule has 464 valence electrons. The third kappa shape index (κ3) is 20.8. The van der Waals surface area contributed by atoms with Crippen molar-refractivity contribution in [3.63, 3.8) is 0 Å². The van der Waals surface area contributed by atoms with Gasteiger partial charge in [0.25, 0.3) is 0 Å². The van der Waals surface area contributed by atoms with Crippen molar-refractivity contribution in [3.8, 4) is 0 Å². The van der Waals surface area contributed by atoms with E-state index in [0.29, 0.717) is 0 Å². The van der Waals surface area contributed by atoms with E-state index in [2.05, 4.69) is 21.3 Å². The number of hydrogen-bond donors (Lipinski definition) is 4. The van der Waals surface area contributed by atoms with Crippen LogP contribution in [-0.4, -0.2) is 216 Å². The molecule has 2 unspecified atom stereocenters. The lowest BCUT2D eigenvalue weighted by Gasteiger charge is -2.41. The molecule has 11 amide bonds. The maximum Gasteiger partial charge on any atom is 0.246 e. The Morgan fingerprint density at radius 1 is 0.370 bits per heavy atom. The highest BCUT2D eigenvalue weighted by Crippen LogP contribution is 2.25. The number of nitrogens with one attached hydrogen (secondary N) is 4. The molecule has 1 rings (SSSR count). The molecule has 0 aromatic rings. The molecule has 0 radical (unpaired) electrons. The molecule has 10 atom stereocenters. The summed E-state index contributed by atoms with van der Waals surface area (Å²) in [5.41, 5.74) is 0. The first-order chi connectivity index (χ1) is 37.2. The number of carbonyl (C=O) groups is 11. The van der Waals surface area contributed by atoms with Gasteiger partial charge in [-0.3, -0.25) is 52.7 Å². The summed E-state index contributed by atoms with van der Waals surface area (Å²) in [7, 11) is 10.2. The fourth-order valence-corrected chi connectivity index (χ4v) is 10.2. The van der Waals surface area contributed by atoms with Crippen molar-refractivity contribution in [2.45, 2.75) is 217 Å². The van der Waals surface area contributed by atoms with E-state index in [0.717, 1.165) is 0 Å². The molecule has 1 saturated heterocycles. The van der Waals surface area contributed by atoms with Gasteiger partial charge in [0.2, 0.25) is 65.0 Å². The number of nitrogens with zero attached hydrogens (tertiary/aromatic N) is 7. The van der Waals surface area contributed by atoms with Gasteiger partial charge in [-0.05, 0) is 93.8 Å². The van der Waals surface area contributed by atoms with Crippen LogP contribution in [0.3, 0.4) is 0 Å². The molecule has 81 heavy (non-hydrogen) atoms. The molecule has 0 aliphatic carbocycles. The molecule has 1 fully saturated rings. The zero-order valence-corrected chi connectivity index (χ0v) is 53.9. The molecule has 1 heterocycles. The Balaban J connectivity index is 4.20. The van der Waals surface area contributed by atoms with Gasteiger partial charge in [-0.1, -0.05) is 104 Å². The lowest BCUT2D eigenvalue weighted by Crippen LogP contribution is -2.61. The first-order valence-electron chi connectivity index (χ1n) is 29.3. The van der Waals surface area contributed by atoms with Gasteiger partial charge >= 0.3 is 0 Å². The molecule has 0 bridgehead atoms. The van der Waals surface area contributed by atoms with Crippen LogP contribution in [0.15, 0.2) is 0 Å². The molecule has 22 nitrogen and oxygen atoms in total. The van der Waals surface area contributed by atoms with Crippen molar-refractivity contribution in [1.29, 1.82) is 0 Å². The number of likely N-dealkylation sites (N-methyl/N-ethyl adjacent to an activating group) is 7. The summed E-state index contributed by atoms with van der Waals surface area (Å²) in [6.07, 6.45) is 1.04. The quantitative estimate of drug-likeness (QED) is 0.208. The second kappa shape index (κ2) is 32.7. The second-order valence-electron chi connectivity index (χ2n) is 25.5. The Kier molecular flexibility index (Phi) is 29.6. The Hall–Kier alpha value is -5.83. The SMILES string of the molecule is CC[C@H]1NC(=O)[C@@H](CC(C)C)N(C)C(=O)[C@@H](C(C)C)N(C)C(=O)C(CC(C)C)N(C)C(=O)[C@H](CC(C)C)N(C)C(=O)[C@H](C)NC(=O)[C@H](C)NC(=O)C(CC(C)C)N(C)C(=O)[C@@H](C(C)C)NC(=O)[C@@H](CC(C)C)N(C)C(=O)CN(C)C1=O. The van der Waals surface area contributed by atoms with Crippen LogP contribution in [-0.2, 0) is 52.7 Å². The lowest BCUT2D eigenvalue weighted by molar-refractivity contribution is -0.156. The molecule has 4 N–H and O–H groups in total. The highest BCUT2D eigenvalue weighted by Gasteiger charge is 2.44. The fraction of sp³-hybridized carbons (Fsp3) is 0.814. The van der Waals surface area contributed by atoms with E-state index in [9.17, 15) is 52.7 Å². The van der Waals surface area contributed by atoms with E-state index in [-0.39, 0.29) is 68.1 Å². The number of hydrogen-bond acceptors (Lipinski definition) is 11. The molecule has 0 spiro atoms. The number of carbonyl (C=O) groups excluding carboxylic acids is 11. The average molecular weight is 1150 g/mol. The van der Waals surface area contributed by atoms with Gasteiger partial charge in [-0.2, -0.15) is 0 Å². The predicted molar refractivity (Wildman–Crippen MR) is 313 cm³/mol. The van der Waals surface area contributed by atoms with Crippen molar-refractivity contribution >= 4 is 65.0 Å². The van der Waals surface area contributed by atoms with Crippen LogP contribution < -0.4 is 21.3 Å². The minimum Gasteiger partial charge on any atom is -0.343 e. The van der Waals surface area contributed by atoms with E-state index in [4.69, 9.17) is 0 Å². The standard InChI is InChI=1S/C59H107N11O11/c1-25-41-55(77)64(18)31-47(71)65(19)42(26-32(2)3)53(75)63-48(37(12)13)58(80)66(20)43(27-33(4)5)51(73)60-39(16)50(72)61-40(17)54(76)68(22)45(29-35(8)9)56(78)69(23)46(30-36(10)11)57(79)70(24)49(38(14)15)59(81)67(21)44(28-34(6)7)52(74)62-41/h32-46,48-49H,25-31H2,1-24H3,(H,60,73)(H,61,72)(H,62,74)(H,63,75)/t39-,40-,41+,42+,43?,44+,45-,46?,48+,49+/m0/s1. The minimum absolute atomic E-state index is 0.109. The van der Waals surface area contributed by atoms with E-state index in [1.807, 2.05) is 69.2 Å². The summed E-state index contributed by atoms with van der Waals surface area (Å²) in [6, 6.07) is -11.3. The van der Waals surface area contributed by atoms with Gasteiger partial charge in [-0.15, -0.1) is 0 Å². The molecule has 0 saturated carbocycles. The van der Waals surface area contributed by atoms with E-state index in [1.54, 1.807) is 34.6 Å². The highest BCUT2D eigenvalue weighted by atomic mass is 16.2. The predicted octanol–water partition coefficient (Wildman–Crippen LogP) is 3.35. The topological polar surface area (TPSA) is 259 Å². The van der Waals surface area contributed by atoms with Crippen molar-refractivity contribution in [2.24, 2.45) is 41.4 Å². The van der Waals surface area contributed by atoms with Gasteiger partial charge in [-0.25, -0.2) is 0 Å². The maximum atomic E-state index is 15.0. The van der Waals surface area contributed by atoms with Crippen LogP contribution in [0.4, 0.5) is 0 Å². The third-order valence-electron chi connectivity index (χ3n) is 15.2. The monoisotopic (exact) mass is 1150 g/mol. The van der Waals surface area contributed by atoms with Crippen molar-refractivity contribution in [3.05, 3.63) is 0 Å². The minimum atomic E-state index is -1.21. The molecule has 1 aliphatic heterocycles. The first kappa shape index (κ1) is 73.2. The van der Waals surface area contributed by atoms with Crippen LogP contribution in [0, 0.1) is 41.4 Å². The van der Waals surface area contributed by atoms with Gasteiger partial charge in [0.05, 0.1) is 6.54 Å². The molecule has 22 heteroatoms. The largest absolute Gasteiger partial charge is 0.343 e. The van der Waals surface area contributed by atoms with Gasteiger partial charge < -0.3 is 55.6 Å². The highest BCUT2D eigenvalue weighted by molar-refractivity contribution is 5.99. The Labute approximate surface area is 485 Å². The molecule has 0 aromatic heterocycles. The van der Waals surface area contributed by atoms with E-state index < -0.39 is 144 Å². The second-order valence-corrected chi connectivity index (χ2v) is 25.5. The maximum absolute atomic E-state index is 15.0. The molecular formula is C59H107N11O11. The Morgan fingerprint density at radius 3 is 1.12 bits per heavy atom. The third-order valence-corrected chi connectivity index (χ3v) is 15.2. The zero-order valence-electron chi connectivity index (χ0n) is 53.9. The van der Waals surface area contributed by atoms with E-state index in [1.165, 1.54) is 97.5 Å². The van der Waals surface area contributed by atoms with E-state index >= 15 is 0 Å². The Bertz CT molecular complexity index is 2180. The summed E-state index contributed by atoms with van der Waals surface area (Å²) in [5.74, 6) is -8.23. The summed E-state index contributed by atoms with van der Waals surface area (Å²) in [4.78, 5) is 168. The zero-order chi connectivity index (χ0) is 63.0. The molecular weight excluding hydrogens is 1040 g/mol. The van der Waals surface area contributed by atoms with Gasteiger partial charge in [0, 0.05) is 49.3 Å². The van der Waals surface area contributed by atoms with Crippen LogP contribution in [0.5, 0.6) is 0 Å². The van der Waals surface area contributed by atoms with Crippen LogP contribution in [0.1, 0.15) is 156 Å². The lowest BCUT2D eigenvalue weighted by atomic mass is 9.95. The van der Waals surface area contributed by atoms with Crippen LogP contribution in [0.25, 0.3) is 0 Å². The van der Waals surface area contributed by atoms with Crippen LogP contribution in [0.2, 0.25) is 0 Å². The normalized spacial score (nSPS) is 26.8. The van der Waals surface area contributed by atoms with Crippen LogP contribution >= 0.6 is 0 Å². The summed E-state index contributed by atoms with van der Waals surface area (Å²) in [5, 5.41) is 11.1. The fourth-order valence-electron chi connectivity index (χ4n) is 10.2. The summed E-state index contributed by atoms with van der Waals surface area (Å²) >= 11 is 0. The molecule has 0 aromatic carbocycles. The Morgan fingerprint density at radius 2 is 0.716 bits per heavy atom. The number of rotatable bonds is 13. The van der Waals surface area contributed by atoms with Crippen molar-refractivity contribution in [2.75, 3.05) is 55.9 Å². The number of amides is 11. The summed E-state index contributed by atoms with van der Waals surface area (Å²) in [6.45, 7) is 30.0. The smallest absolute Gasteiger partial charge is 0.246 e. The summed E-state index contributed by atoms with van der Waals surface area (Å²) < 4.78 is 0. The van der Waals surface area contributed by atoms with Crippen molar-refractivity contribution < 1.29 is 52.7 Å². The van der Waals surface area contributed by atoms with Gasteiger partial charge in [0.15, 0.2) is 0 Å². The van der Waals surface area contributed by atoms with Crippen molar-refractivity contribution in [1.82, 2.24) is 55.6 Å². The first-order valence-corrected chi connectivity index (χ1v) is 29.3. The molecule has 1 aliphatic rings.